The van der Waals surface area contributed by atoms with E-state index in [1.54, 1.807) is 56.6 Å². The number of methoxy groups -OCH3 is 3. The predicted molar refractivity (Wildman–Crippen MR) is 157 cm³/mol. The Bertz CT molecular complexity index is 1490. The first-order valence-corrected chi connectivity index (χ1v) is 13.3. The fourth-order valence-electron chi connectivity index (χ4n) is 5.10. The molecule has 0 saturated carbocycles. The highest BCUT2D eigenvalue weighted by Crippen LogP contribution is 2.43. The van der Waals surface area contributed by atoms with Crippen molar-refractivity contribution in [2.75, 3.05) is 31.5 Å². The minimum Gasteiger partial charge on any atom is -0.497 e. The standard InChI is InChI=1S/C33H32N2O6/c1-38-25-16-12-24(13-17-25)35-31(36)20-18-28(32(35)22-9-19-29(39-2)30(21-22)40-3)33(37)34-23-10-14-27(15-11-23)41-26-7-5-4-6-8-26/h4-17,19,21,28,32H,18,20H2,1-3H3,(H,34,37)/t28-,32+/m1/s1. The highest BCUT2D eigenvalue weighted by atomic mass is 16.5. The minimum atomic E-state index is -0.579. The van der Waals surface area contributed by atoms with Gasteiger partial charge in [0, 0.05) is 17.8 Å². The molecule has 4 aromatic rings. The van der Waals surface area contributed by atoms with Gasteiger partial charge in [0.1, 0.15) is 17.2 Å². The van der Waals surface area contributed by atoms with E-state index in [0.29, 0.717) is 40.8 Å². The van der Waals surface area contributed by atoms with E-state index in [-0.39, 0.29) is 18.2 Å². The van der Waals surface area contributed by atoms with Gasteiger partial charge >= 0.3 is 0 Å². The van der Waals surface area contributed by atoms with Crippen LogP contribution in [0.3, 0.4) is 0 Å². The molecule has 1 heterocycles. The average Bonchev–Trinajstić information content (AvgIpc) is 3.02. The van der Waals surface area contributed by atoms with Crippen molar-refractivity contribution in [2.45, 2.75) is 18.9 Å². The number of ether oxygens (including phenoxy) is 4. The SMILES string of the molecule is COc1ccc(N2C(=O)CC[C@@H](C(=O)Nc3ccc(Oc4ccccc4)cc3)[C@@H]2c2ccc(OC)c(OC)c2)cc1. The van der Waals surface area contributed by atoms with E-state index >= 15 is 0 Å². The summed E-state index contributed by atoms with van der Waals surface area (Å²) >= 11 is 0. The van der Waals surface area contributed by atoms with Crippen LogP contribution in [0.15, 0.2) is 97.1 Å². The van der Waals surface area contributed by atoms with E-state index in [0.717, 1.165) is 11.3 Å². The molecule has 1 saturated heterocycles. The molecule has 4 aromatic carbocycles. The molecular formula is C33H32N2O6. The fraction of sp³-hybridized carbons (Fsp3) is 0.212. The first-order valence-electron chi connectivity index (χ1n) is 13.3. The molecular weight excluding hydrogens is 520 g/mol. The van der Waals surface area contributed by atoms with Crippen LogP contribution in [0, 0.1) is 5.92 Å². The maximum atomic E-state index is 13.8. The molecule has 0 aliphatic carbocycles. The van der Waals surface area contributed by atoms with Crippen LogP contribution in [0.25, 0.3) is 0 Å². The van der Waals surface area contributed by atoms with Crippen molar-refractivity contribution in [3.63, 3.8) is 0 Å². The van der Waals surface area contributed by atoms with Gasteiger partial charge < -0.3 is 29.2 Å². The number of para-hydroxylation sites is 1. The molecule has 8 heteroatoms. The Kier molecular flexibility index (Phi) is 8.39. The summed E-state index contributed by atoms with van der Waals surface area (Å²) < 4.78 is 22.2. The summed E-state index contributed by atoms with van der Waals surface area (Å²) in [5, 5.41) is 3.05. The van der Waals surface area contributed by atoms with Crippen molar-refractivity contribution in [2.24, 2.45) is 5.92 Å². The highest BCUT2D eigenvalue weighted by Gasteiger charge is 2.42. The Labute approximate surface area is 239 Å². The number of nitrogens with zero attached hydrogens (tertiary/aromatic N) is 1. The van der Waals surface area contributed by atoms with Gasteiger partial charge in [-0.05, 0) is 84.8 Å². The van der Waals surface area contributed by atoms with Crippen molar-refractivity contribution in [3.8, 4) is 28.7 Å². The number of rotatable bonds is 9. The third-order valence-electron chi connectivity index (χ3n) is 7.13. The first-order chi connectivity index (χ1) is 20.0. The normalized spacial score (nSPS) is 16.6. The Hall–Kier alpha value is -4.98. The van der Waals surface area contributed by atoms with E-state index in [9.17, 15) is 9.59 Å². The number of hydrogen-bond acceptors (Lipinski definition) is 6. The molecule has 1 N–H and O–H groups in total. The van der Waals surface area contributed by atoms with E-state index in [4.69, 9.17) is 18.9 Å². The van der Waals surface area contributed by atoms with Crippen LogP contribution in [0.4, 0.5) is 11.4 Å². The van der Waals surface area contributed by atoms with Crippen LogP contribution in [-0.4, -0.2) is 33.1 Å². The lowest BCUT2D eigenvalue weighted by molar-refractivity contribution is -0.125. The van der Waals surface area contributed by atoms with Gasteiger partial charge in [-0.3, -0.25) is 9.59 Å². The molecule has 0 bridgehead atoms. The molecule has 1 aliphatic rings. The summed E-state index contributed by atoms with van der Waals surface area (Å²) in [5.74, 6) is 2.36. The van der Waals surface area contributed by atoms with Gasteiger partial charge in [-0.2, -0.15) is 0 Å². The van der Waals surface area contributed by atoms with Crippen LogP contribution in [-0.2, 0) is 9.59 Å². The average molecular weight is 553 g/mol. The number of carbonyl (C=O) groups is 2. The summed E-state index contributed by atoms with van der Waals surface area (Å²) in [4.78, 5) is 28.9. The molecule has 0 unspecified atom stereocenters. The van der Waals surface area contributed by atoms with Gasteiger partial charge in [0.2, 0.25) is 11.8 Å². The van der Waals surface area contributed by atoms with Crippen LogP contribution in [0.2, 0.25) is 0 Å². The monoisotopic (exact) mass is 552 g/mol. The van der Waals surface area contributed by atoms with E-state index in [1.165, 1.54) is 0 Å². The lowest BCUT2D eigenvalue weighted by Crippen LogP contribution is -2.47. The third-order valence-corrected chi connectivity index (χ3v) is 7.13. The Morgan fingerprint density at radius 3 is 2.07 bits per heavy atom. The van der Waals surface area contributed by atoms with Gasteiger partial charge in [0.05, 0.1) is 33.3 Å². The summed E-state index contributed by atoms with van der Waals surface area (Å²) in [6.45, 7) is 0. The maximum absolute atomic E-state index is 13.8. The molecule has 210 valence electrons. The van der Waals surface area contributed by atoms with Gasteiger partial charge in [-0.15, -0.1) is 0 Å². The van der Waals surface area contributed by atoms with Crippen molar-refractivity contribution >= 4 is 23.2 Å². The molecule has 1 aliphatic heterocycles. The van der Waals surface area contributed by atoms with Crippen LogP contribution in [0.1, 0.15) is 24.4 Å². The van der Waals surface area contributed by atoms with Gasteiger partial charge in [0.15, 0.2) is 11.5 Å². The summed E-state index contributed by atoms with van der Waals surface area (Å²) in [7, 11) is 4.72. The lowest BCUT2D eigenvalue weighted by atomic mass is 9.83. The molecule has 1 fully saturated rings. The van der Waals surface area contributed by atoms with E-state index in [1.807, 2.05) is 66.7 Å². The zero-order chi connectivity index (χ0) is 28.8. The molecule has 5 rings (SSSR count). The second kappa shape index (κ2) is 12.5. The number of carbonyl (C=O) groups excluding carboxylic acids is 2. The Morgan fingerprint density at radius 2 is 1.41 bits per heavy atom. The largest absolute Gasteiger partial charge is 0.497 e. The van der Waals surface area contributed by atoms with E-state index < -0.39 is 12.0 Å². The van der Waals surface area contributed by atoms with Crippen molar-refractivity contribution < 1.29 is 28.5 Å². The fourth-order valence-corrected chi connectivity index (χ4v) is 5.10. The zero-order valence-corrected chi connectivity index (χ0v) is 23.2. The summed E-state index contributed by atoms with van der Waals surface area (Å²) in [6, 6.07) is 28.9. The summed E-state index contributed by atoms with van der Waals surface area (Å²) in [5.41, 5.74) is 2.07. The Balaban J connectivity index is 1.45. The van der Waals surface area contributed by atoms with Crippen LogP contribution < -0.4 is 29.2 Å². The molecule has 8 nitrogen and oxygen atoms in total. The van der Waals surface area contributed by atoms with Crippen LogP contribution >= 0.6 is 0 Å². The topological polar surface area (TPSA) is 86.3 Å². The third kappa shape index (κ3) is 6.11. The van der Waals surface area contributed by atoms with Crippen molar-refractivity contribution in [1.29, 1.82) is 0 Å². The second-order valence-corrected chi connectivity index (χ2v) is 9.59. The summed E-state index contributed by atoms with van der Waals surface area (Å²) in [6.07, 6.45) is 0.628. The molecule has 41 heavy (non-hydrogen) atoms. The first kappa shape index (κ1) is 27.6. The molecule has 0 radical (unpaired) electrons. The number of piperidine rings is 1. The van der Waals surface area contributed by atoms with Crippen molar-refractivity contribution in [1.82, 2.24) is 0 Å². The van der Waals surface area contributed by atoms with E-state index in [2.05, 4.69) is 5.32 Å². The van der Waals surface area contributed by atoms with Gasteiger partial charge in [-0.25, -0.2) is 0 Å². The minimum absolute atomic E-state index is 0.0681. The second-order valence-electron chi connectivity index (χ2n) is 9.59. The molecule has 0 aromatic heterocycles. The number of anilines is 2. The number of amides is 2. The number of hydrogen-bond donors (Lipinski definition) is 1. The van der Waals surface area contributed by atoms with Crippen molar-refractivity contribution in [3.05, 3.63) is 103 Å². The van der Waals surface area contributed by atoms with Gasteiger partial charge in [-0.1, -0.05) is 24.3 Å². The van der Waals surface area contributed by atoms with Crippen LogP contribution in [0.5, 0.6) is 28.7 Å². The number of nitrogens with one attached hydrogen (secondary N) is 1. The highest BCUT2D eigenvalue weighted by molar-refractivity contribution is 6.00. The maximum Gasteiger partial charge on any atom is 0.229 e. The molecule has 0 spiro atoms. The zero-order valence-electron chi connectivity index (χ0n) is 23.2. The smallest absolute Gasteiger partial charge is 0.229 e. The predicted octanol–water partition coefficient (Wildman–Crippen LogP) is 6.63. The number of benzene rings is 4. The molecule has 2 atom stereocenters. The lowest BCUT2D eigenvalue weighted by Gasteiger charge is -2.41. The quantitative estimate of drug-likeness (QED) is 0.251. The van der Waals surface area contributed by atoms with Gasteiger partial charge in [0.25, 0.3) is 0 Å². The Morgan fingerprint density at radius 1 is 0.756 bits per heavy atom. The molecule has 2 amide bonds.